The molecule has 136 valence electrons. The smallest absolute Gasteiger partial charge is 0.276 e. The van der Waals surface area contributed by atoms with Crippen LogP contribution in [0.25, 0.3) is 0 Å². The topological polar surface area (TPSA) is 62.7 Å². The van der Waals surface area contributed by atoms with Crippen LogP contribution in [0.5, 0.6) is 0 Å². The highest BCUT2D eigenvalue weighted by atomic mass is 32.2. The molecule has 3 aromatic carbocycles. The van der Waals surface area contributed by atoms with Crippen molar-refractivity contribution in [3.05, 3.63) is 113 Å². The molecule has 0 unspecified atom stereocenters. The minimum atomic E-state index is -0.115. The maximum atomic E-state index is 9.23. The van der Waals surface area contributed by atoms with Gasteiger partial charge in [-0.15, -0.1) is 10.2 Å². The van der Waals surface area contributed by atoms with Crippen LogP contribution in [0.15, 0.2) is 94.6 Å². The number of nitrogens with zero attached hydrogens (tertiary/aromatic N) is 3. The molecular formula is C23H17N3OS. The lowest BCUT2D eigenvalue weighted by atomic mass is 9.91. The van der Waals surface area contributed by atoms with Gasteiger partial charge in [-0.2, -0.15) is 5.26 Å². The molecule has 0 aliphatic rings. The second-order valence-corrected chi connectivity index (χ2v) is 7.14. The monoisotopic (exact) mass is 383 g/mol. The van der Waals surface area contributed by atoms with Gasteiger partial charge in [-0.05, 0) is 22.8 Å². The van der Waals surface area contributed by atoms with E-state index in [1.54, 1.807) is 0 Å². The maximum absolute atomic E-state index is 9.23. The molecule has 0 fully saturated rings. The molecule has 0 radical (unpaired) electrons. The lowest BCUT2D eigenvalue weighted by Crippen LogP contribution is -2.03. The molecule has 4 rings (SSSR count). The number of rotatable bonds is 6. The van der Waals surface area contributed by atoms with Gasteiger partial charge in [0.25, 0.3) is 5.22 Å². The Labute approximate surface area is 167 Å². The number of aromatic nitrogens is 2. The fourth-order valence-electron chi connectivity index (χ4n) is 3.06. The normalized spacial score (nSPS) is 10.7. The van der Waals surface area contributed by atoms with E-state index in [9.17, 15) is 5.26 Å². The van der Waals surface area contributed by atoms with Crippen LogP contribution in [0.1, 0.15) is 34.1 Å². The standard InChI is InChI=1S/C23H17N3OS/c24-15-19-13-7-8-14-20(19)16-28-23-26-25-22(27-23)21(17-9-3-1-4-10-17)18-11-5-2-6-12-18/h1-14,21H,16H2. The first-order valence-corrected chi connectivity index (χ1v) is 9.88. The van der Waals surface area contributed by atoms with Gasteiger partial charge < -0.3 is 4.42 Å². The Balaban J connectivity index is 1.60. The van der Waals surface area contributed by atoms with E-state index in [0.717, 1.165) is 16.7 Å². The van der Waals surface area contributed by atoms with E-state index in [1.165, 1.54) is 11.8 Å². The Morgan fingerprint density at radius 3 is 2.07 bits per heavy atom. The van der Waals surface area contributed by atoms with Gasteiger partial charge in [-0.3, -0.25) is 0 Å². The summed E-state index contributed by atoms with van der Waals surface area (Å²) in [5.74, 6) is 1.05. The van der Waals surface area contributed by atoms with E-state index in [1.807, 2.05) is 60.7 Å². The summed E-state index contributed by atoms with van der Waals surface area (Å²) in [4.78, 5) is 0. The van der Waals surface area contributed by atoms with E-state index in [2.05, 4.69) is 40.5 Å². The average molecular weight is 383 g/mol. The van der Waals surface area contributed by atoms with Gasteiger partial charge in [0, 0.05) is 5.75 Å². The summed E-state index contributed by atoms with van der Waals surface area (Å²) < 4.78 is 6.01. The van der Waals surface area contributed by atoms with Crippen molar-refractivity contribution in [2.24, 2.45) is 0 Å². The van der Waals surface area contributed by atoms with E-state index < -0.39 is 0 Å². The van der Waals surface area contributed by atoms with Gasteiger partial charge in [0.05, 0.1) is 17.6 Å². The molecule has 0 amide bonds. The Kier molecular flexibility index (Phi) is 5.51. The molecule has 0 aliphatic carbocycles. The lowest BCUT2D eigenvalue weighted by molar-refractivity contribution is 0.409. The number of hydrogen-bond donors (Lipinski definition) is 0. The number of thioether (sulfide) groups is 1. The summed E-state index contributed by atoms with van der Waals surface area (Å²) >= 11 is 1.44. The van der Waals surface area contributed by atoms with Crippen molar-refractivity contribution in [3.63, 3.8) is 0 Å². The molecule has 0 saturated carbocycles. The fraction of sp³-hybridized carbons (Fsp3) is 0.0870. The molecule has 0 spiro atoms. The van der Waals surface area contributed by atoms with Gasteiger partial charge in [0.15, 0.2) is 0 Å². The van der Waals surface area contributed by atoms with E-state index in [0.29, 0.717) is 22.4 Å². The van der Waals surface area contributed by atoms with Crippen molar-refractivity contribution in [1.29, 1.82) is 5.26 Å². The molecule has 0 atom stereocenters. The minimum absolute atomic E-state index is 0.115. The summed E-state index contributed by atoms with van der Waals surface area (Å²) in [6.07, 6.45) is 0. The third kappa shape index (κ3) is 3.98. The fourth-order valence-corrected chi connectivity index (χ4v) is 3.83. The van der Waals surface area contributed by atoms with Gasteiger partial charge >= 0.3 is 0 Å². The van der Waals surface area contributed by atoms with Crippen LogP contribution in [-0.2, 0) is 5.75 Å². The van der Waals surface area contributed by atoms with Crippen molar-refractivity contribution in [1.82, 2.24) is 10.2 Å². The van der Waals surface area contributed by atoms with Crippen molar-refractivity contribution in [2.75, 3.05) is 0 Å². The molecule has 0 saturated heterocycles. The molecule has 28 heavy (non-hydrogen) atoms. The number of nitriles is 1. The highest BCUT2D eigenvalue weighted by Crippen LogP contribution is 2.33. The molecule has 0 aliphatic heterocycles. The zero-order valence-electron chi connectivity index (χ0n) is 15.0. The summed E-state index contributed by atoms with van der Waals surface area (Å²) in [6, 6.07) is 30.1. The molecule has 5 heteroatoms. The highest BCUT2D eigenvalue weighted by molar-refractivity contribution is 7.98. The third-order valence-corrected chi connectivity index (χ3v) is 5.29. The van der Waals surface area contributed by atoms with Gasteiger partial charge in [0.2, 0.25) is 5.89 Å². The first kappa shape index (κ1) is 18.0. The van der Waals surface area contributed by atoms with Crippen molar-refractivity contribution in [3.8, 4) is 6.07 Å². The summed E-state index contributed by atoms with van der Waals surface area (Å²) in [5.41, 5.74) is 3.83. The minimum Gasteiger partial charge on any atom is -0.415 e. The second-order valence-electron chi connectivity index (χ2n) is 6.22. The zero-order chi connectivity index (χ0) is 19.2. The maximum Gasteiger partial charge on any atom is 0.276 e. The summed E-state index contributed by atoms with van der Waals surface area (Å²) in [7, 11) is 0. The van der Waals surface area contributed by atoms with Crippen LogP contribution in [0, 0.1) is 11.3 Å². The third-order valence-electron chi connectivity index (χ3n) is 4.42. The number of hydrogen-bond acceptors (Lipinski definition) is 5. The van der Waals surface area contributed by atoms with Gasteiger partial charge in [-0.25, -0.2) is 0 Å². The molecule has 0 bridgehead atoms. The predicted octanol–water partition coefficient (Wildman–Crippen LogP) is 5.41. The Morgan fingerprint density at radius 2 is 1.43 bits per heavy atom. The molecular weight excluding hydrogens is 366 g/mol. The van der Waals surface area contributed by atoms with Crippen molar-refractivity contribution in [2.45, 2.75) is 16.9 Å². The largest absolute Gasteiger partial charge is 0.415 e. The molecule has 4 nitrogen and oxygen atoms in total. The van der Waals surface area contributed by atoms with Crippen molar-refractivity contribution < 1.29 is 4.42 Å². The van der Waals surface area contributed by atoms with Crippen LogP contribution in [0.2, 0.25) is 0 Å². The highest BCUT2D eigenvalue weighted by Gasteiger charge is 2.23. The van der Waals surface area contributed by atoms with Crippen LogP contribution >= 0.6 is 11.8 Å². The molecule has 0 N–H and O–H groups in total. The van der Waals surface area contributed by atoms with Crippen LogP contribution in [0.4, 0.5) is 0 Å². The van der Waals surface area contributed by atoms with Gasteiger partial charge in [0.1, 0.15) is 0 Å². The quantitative estimate of drug-likeness (QED) is 0.416. The number of benzene rings is 3. The Bertz CT molecular complexity index is 1050. The first-order chi connectivity index (χ1) is 13.8. The molecule has 1 aromatic heterocycles. The summed E-state index contributed by atoms with van der Waals surface area (Å²) in [6.45, 7) is 0. The lowest BCUT2D eigenvalue weighted by Gasteiger charge is -2.13. The van der Waals surface area contributed by atoms with Crippen molar-refractivity contribution >= 4 is 11.8 Å². The second kappa shape index (κ2) is 8.55. The van der Waals surface area contributed by atoms with E-state index >= 15 is 0 Å². The predicted molar refractivity (Wildman–Crippen MR) is 109 cm³/mol. The van der Waals surface area contributed by atoms with E-state index in [-0.39, 0.29) is 5.92 Å². The zero-order valence-corrected chi connectivity index (χ0v) is 15.8. The average Bonchev–Trinajstić information content (AvgIpc) is 3.22. The van der Waals surface area contributed by atoms with Crippen LogP contribution in [-0.4, -0.2) is 10.2 Å². The Hall–Kier alpha value is -3.36. The molecule has 1 heterocycles. The first-order valence-electron chi connectivity index (χ1n) is 8.89. The van der Waals surface area contributed by atoms with Crippen LogP contribution in [0.3, 0.4) is 0 Å². The SMILES string of the molecule is N#Cc1ccccc1CSc1nnc(C(c2ccccc2)c2ccccc2)o1. The Morgan fingerprint density at radius 1 is 0.821 bits per heavy atom. The van der Waals surface area contributed by atoms with Gasteiger partial charge in [-0.1, -0.05) is 90.6 Å². The molecule has 4 aromatic rings. The summed E-state index contributed by atoms with van der Waals surface area (Å²) in [5, 5.41) is 18.3. The van der Waals surface area contributed by atoms with E-state index in [4.69, 9.17) is 4.42 Å². The van der Waals surface area contributed by atoms with Crippen LogP contribution < -0.4 is 0 Å².